The number of carbonyl (C=O) groups excluding carboxylic acids is 1. The maximum absolute atomic E-state index is 12.4. The molecule has 2 fully saturated rings. The van der Waals surface area contributed by atoms with Crippen LogP contribution in [0.5, 0.6) is 0 Å². The molecule has 142 valence electrons. The van der Waals surface area contributed by atoms with Crippen LogP contribution in [0.3, 0.4) is 0 Å². The minimum Gasteiger partial charge on any atom is -0.379 e. The number of hydrogen-bond acceptors (Lipinski definition) is 4. The summed E-state index contributed by atoms with van der Waals surface area (Å²) in [6.07, 6.45) is 2.08. The molecule has 2 atom stereocenters. The van der Waals surface area contributed by atoms with Crippen molar-refractivity contribution in [2.75, 3.05) is 45.9 Å². The van der Waals surface area contributed by atoms with Gasteiger partial charge in [-0.25, -0.2) is 0 Å². The fourth-order valence-corrected chi connectivity index (χ4v) is 3.44. The topological polar surface area (TPSA) is 53.6 Å². The molecule has 0 saturated carbocycles. The second-order valence-corrected chi connectivity index (χ2v) is 6.36. The molecule has 0 bridgehead atoms. The Bertz CT molecular complexity index is 492. The lowest BCUT2D eigenvalue weighted by molar-refractivity contribution is -0.125. The molecule has 2 saturated heterocycles. The van der Waals surface area contributed by atoms with E-state index in [1.165, 1.54) is 5.56 Å². The van der Waals surface area contributed by atoms with E-state index in [1.807, 2.05) is 6.07 Å². The third kappa shape index (κ3) is 6.42. The van der Waals surface area contributed by atoms with Gasteiger partial charge in [0.05, 0.1) is 25.2 Å². The molecule has 2 heterocycles. The van der Waals surface area contributed by atoms with E-state index in [-0.39, 0.29) is 42.7 Å². The summed E-state index contributed by atoms with van der Waals surface area (Å²) < 4.78 is 5.47. The Hall–Kier alpha value is -0.850. The summed E-state index contributed by atoms with van der Waals surface area (Å²) in [5.74, 6) is 0.302. The monoisotopic (exact) mass is 389 g/mol. The van der Waals surface area contributed by atoms with Gasteiger partial charge in [0.1, 0.15) is 0 Å². The Balaban J connectivity index is 0.00000156. The summed E-state index contributed by atoms with van der Waals surface area (Å²) in [6, 6.07) is 10.7. The summed E-state index contributed by atoms with van der Waals surface area (Å²) in [4.78, 5) is 14.8. The number of nitrogens with zero attached hydrogens (tertiary/aromatic N) is 1. The van der Waals surface area contributed by atoms with Crippen LogP contribution in [0.1, 0.15) is 24.4 Å². The molecule has 0 radical (unpaired) electrons. The van der Waals surface area contributed by atoms with Crippen molar-refractivity contribution in [2.24, 2.45) is 5.92 Å². The van der Waals surface area contributed by atoms with Crippen molar-refractivity contribution >= 4 is 30.7 Å². The predicted octanol–water partition coefficient (Wildman–Crippen LogP) is 2.02. The van der Waals surface area contributed by atoms with Crippen LogP contribution < -0.4 is 10.6 Å². The number of nitrogens with one attached hydrogen (secondary N) is 2. The van der Waals surface area contributed by atoms with Gasteiger partial charge in [0.15, 0.2) is 0 Å². The number of rotatable bonds is 5. The largest absolute Gasteiger partial charge is 0.379 e. The van der Waals surface area contributed by atoms with Crippen molar-refractivity contribution in [3.8, 4) is 0 Å². The molecule has 1 aromatic carbocycles. The second-order valence-electron chi connectivity index (χ2n) is 6.36. The number of carbonyl (C=O) groups is 1. The van der Waals surface area contributed by atoms with E-state index in [9.17, 15) is 4.79 Å². The van der Waals surface area contributed by atoms with Gasteiger partial charge in [-0.05, 0) is 24.9 Å². The van der Waals surface area contributed by atoms with E-state index in [2.05, 4.69) is 39.8 Å². The number of morpholine rings is 1. The van der Waals surface area contributed by atoms with Crippen LogP contribution in [0.4, 0.5) is 0 Å². The van der Waals surface area contributed by atoms with E-state index in [0.29, 0.717) is 6.54 Å². The van der Waals surface area contributed by atoms with E-state index in [0.717, 1.165) is 52.2 Å². The fraction of sp³-hybridized carbons (Fsp3) is 0.611. The number of amides is 1. The number of hydrogen-bond donors (Lipinski definition) is 2. The van der Waals surface area contributed by atoms with Crippen molar-refractivity contribution in [3.63, 3.8) is 0 Å². The third-order valence-corrected chi connectivity index (χ3v) is 4.81. The minimum absolute atomic E-state index is 0. The molecule has 25 heavy (non-hydrogen) atoms. The summed E-state index contributed by atoms with van der Waals surface area (Å²) in [7, 11) is 0. The van der Waals surface area contributed by atoms with Crippen molar-refractivity contribution in [1.82, 2.24) is 15.5 Å². The van der Waals surface area contributed by atoms with Crippen molar-refractivity contribution in [2.45, 2.75) is 18.9 Å². The van der Waals surface area contributed by atoms with Crippen LogP contribution in [0.2, 0.25) is 0 Å². The molecule has 2 aliphatic heterocycles. The van der Waals surface area contributed by atoms with Gasteiger partial charge < -0.3 is 15.4 Å². The minimum atomic E-state index is 0. The Morgan fingerprint density at radius 3 is 2.60 bits per heavy atom. The average Bonchev–Trinajstić information content (AvgIpc) is 2.64. The molecule has 2 aliphatic rings. The molecule has 1 amide bonds. The maximum atomic E-state index is 12.4. The standard InChI is InChI=1S/C18H27N3O2.2ClH/c22-18(16-7-4-8-19-13-16)20-14-17(15-5-2-1-3-6-15)21-9-11-23-12-10-21;;/h1-3,5-6,16-17,19H,4,7-14H2,(H,20,22);2*1H. The van der Waals surface area contributed by atoms with Crippen molar-refractivity contribution < 1.29 is 9.53 Å². The van der Waals surface area contributed by atoms with Crippen LogP contribution in [0, 0.1) is 5.92 Å². The van der Waals surface area contributed by atoms with Gasteiger partial charge in [-0.2, -0.15) is 0 Å². The Morgan fingerprint density at radius 1 is 1.24 bits per heavy atom. The molecule has 2 unspecified atom stereocenters. The van der Waals surface area contributed by atoms with Gasteiger partial charge in [-0.1, -0.05) is 30.3 Å². The fourth-order valence-electron chi connectivity index (χ4n) is 3.44. The lowest BCUT2D eigenvalue weighted by atomic mass is 9.98. The summed E-state index contributed by atoms with van der Waals surface area (Å²) in [5.41, 5.74) is 1.26. The van der Waals surface area contributed by atoms with Crippen LogP contribution in [-0.2, 0) is 9.53 Å². The van der Waals surface area contributed by atoms with Gasteiger partial charge in [0.2, 0.25) is 5.91 Å². The first-order valence-corrected chi connectivity index (χ1v) is 8.70. The lowest BCUT2D eigenvalue weighted by Crippen LogP contribution is -2.46. The van der Waals surface area contributed by atoms with Gasteiger partial charge in [0, 0.05) is 26.2 Å². The Morgan fingerprint density at radius 2 is 1.96 bits per heavy atom. The third-order valence-electron chi connectivity index (χ3n) is 4.81. The summed E-state index contributed by atoms with van der Waals surface area (Å²) >= 11 is 0. The highest BCUT2D eigenvalue weighted by molar-refractivity contribution is 5.85. The highest BCUT2D eigenvalue weighted by Crippen LogP contribution is 2.21. The summed E-state index contributed by atoms with van der Waals surface area (Å²) in [5, 5.41) is 6.50. The molecule has 1 aromatic rings. The van der Waals surface area contributed by atoms with Crippen LogP contribution in [0.15, 0.2) is 30.3 Å². The number of piperidine rings is 1. The average molecular weight is 390 g/mol. The first-order chi connectivity index (χ1) is 11.3. The van der Waals surface area contributed by atoms with Crippen molar-refractivity contribution in [1.29, 1.82) is 0 Å². The van der Waals surface area contributed by atoms with Gasteiger partial charge in [0.25, 0.3) is 0 Å². The number of benzene rings is 1. The number of ether oxygens (including phenoxy) is 1. The first-order valence-electron chi connectivity index (χ1n) is 8.70. The van der Waals surface area contributed by atoms with Gasteiger partial charge >= 0.3 is 0 Å². The van der Waals surface area contributed by atoms with Crippen LogP contribution in [-0.4, -0.2) is 56.7 Å². The van der Waals surface area contributed by atoms with Crippen molar-refractivity contribution in [3.05, 3.63) is 35.9 Å². The normalized spacial score (nSPS) is 22.2. The van der Waals surface area contributed by atoms with Gasteiger partial charge in [-0.15, -0.1) is 24.8 Å². The zero-order chi connectivity index (χ0) is 15.9. The molecule has 7 heteroatoms. The van der Waals surface area contributed by atoms with E-state index < -0.39 is 0 Å². The molecule has 2 N–H and O–H groups in total. The Labute approximate surface area is 162 Å². The van der Waals surface area contributed by atoms with E-state index in [4.69, 9.17) is 4.74 Å². The second kappa shape index (κ2) is 11.7. The van der Waals surface area contributed by atoms with E-state index in [1.54, 1.807) is 0 Å². The predicted molar refractivity (Wildman–Crippen MR) is 105 cm³/mol. The van der Waals surface area contributed by atoms with Gasteiger partial charge in [-0.3, -0.25) is 9.69 Å². The van der Waals surface area contributed by atoms with E-state index >= 15 is 0 Å². The molecular formula is C18H29Cl2N3O2. The molecular weight excluding hydrogens is 361 g/mol. The Kier molecular flexibility index (Phi) is 10.4. The number of halogens is 2. The molecule has 5 nitrogen and oxygen atoms in total. The summed E-state index contributed by atoms with van der Waals surface area (Å²) in [6.45, 7) is 5.87. The molecule has 0 aromatic heterocycles. The lowest BCUT2D eigenvalue weighted by Gasteiger charge is -2.35. The zero-order valence-electron chi connectivity index (χ0n) is 14.5. The first kappa shape index (κ1) is 22.2. The SMILES string of the molecule is Cl.Cl.O=C(NCC(c1ccccc1)N1CCOCC1)C1CCCNC1. The molecule has 0 aliphatic carbocycles. The van der Waals surface area contributed by atoms with Crippen LogP contribution in [0.25, 0.3) is 0 Å². The van der Waals surface area contributed by atoms with Crippen LogP contribution >= 0.6 is 24.8 Å². The highest BCUT2D eigenvalue weighted by atomic mass is 35.5. The molecule has 0 spiro atoms. The zero-order valence-corrected chi connectivity index (χ0v) is 16.1. The smallest absolute Gasteiger partial charge is 0.224 e. The molecule has 3 rings (SSSR count). The highest BCUT2D eigenvalue weighted by Gasteiger charge is 2.25. The quantitative estimate of drug-likeness (QED) is 0.808. The maximum Gasteiger partial charge on any atom is 0.224 e.